The number of benzene rings is 1. The molecule has 1 aliphatic rings. The summed E-state index contributed by atoms with van der Waals surface area (Å²) >= 11 is 0. The zero-order valence-corrected chi connectivity index (χ0v) is 11.7. The van der Waals surface area contributed by atoms with Gasteiger partial charge < -0.3 is 10.1 Å². The first-order chi connectivity index (χ1) is 10.3. The molecule has 0 spiro atoms. The van der Waals surface area contributed by atoms with Crippen LogP contribution in [0.2, 0.25) is 0 Å². The van der Waals surface area contributed by atoms with Crippen molar-refractivity contribution >= 4 is 5.95 Å². The van der Waals surface area contributed by atoms with Crippen molar-refractivity contribution in [1.29, 1.82) is 0 Å². The number of aromatic amines is 1. The number of rotatable bonds is 5. The van der Waals surface area contributed by atoms with Crippen LogP contribution in [0.15, 0.2) is 35.1 Å². The molecule has 2 heterocycles. The van der Waals surface area contributed by atoms with Crippen molar-refractivity contribution in [2.45, 2.75) is 25.4 Å². The van der Waals surface area contributed by atoms with Crippen molar-refractivity contribution in [2.75, 3.05) is 18.5 Å². The van der Waals surface area contributed by atoms with Crippen LogP contribution in [0.1, 0.15) is 24.1 Å². The minimum absolute atomic E-state index is 0.194. The number of anilines is 1. The standard InChI is InChI=1S/C15H18N4O2/c20-14-13(9-11-5-2-1-3-6-11)18-19-15(17-14)16-10-12-7-4-8-21-12/h1-3,5-6,12H,4,7-10H2,(H2,16,17,19,20). The third kappa shape index (κ3) is 3.66. The number of nitrogens with one attached hydrogen (secondary N) is 2. The van der Waals surface area contributed by atoms with Crippen LogP contribution in [-0.4, -0.2) is 34.4 Å². The van der Waals surface area contributed by atoms with Crippen LogP contribution in [0.25, 0.3) is 0 Å². The summed E-state index contributed by atoms with van der Waals surface area (Å²) in [6, 6.07) is 9.75. The van der Waals surface area contributed by atoms with Gasteiger partial charge in [0.05, 0.1) is 6.10 Å². The molecular formula is C15H18N4O2. The Kier molecular flexibility index (Phi) is 4.25. The Morgan fingerprint density at radius 3 is 2.86 bits per heavy atom. The third-order valence-electron chi connectivity index (χ3n) is 3.50. The van der Waals surface area contributed by atoms with E-state index in [9.17, 15) is 4.79 Å². The number of hydrogen-bond acceptors (Lipinski definition) is 5. The molecule has 0 amide bonds. The van der Waals surface area contributed by atoms with Crippen molar-refractivity contribution < 1.29 is 4.74 Å². The summed E-state index contributed by atoms with van der Waals surface area (Å²) in [5, 5.41) is 11.1. The molecule has 6 heteroatoms. The first-order valence-electron chi connectivity index (χ1n) is 7.16. The largest absolute Gasteiger partial charge is 0.376 e. The molecule has 21 heavy (non-hydrogen) atoms. The highest BCUT2D eigenvalue weighted by Gasteiger charge is 2.15. The summed E-state index contributed by atoms with van der Waals surface area (Å²) in [6.07, 6.45) is 2.80. The average Bonchev–Trinajstić information content (AvgIpc) is 3.02. The summed E-state index contributed by atoms with van der Waals surface area (Å²) in [7, 11) is 0. The van der Waals surface area contributed by atoms with Crippen LogP contribution in [-0.2, 0) is 11.2 Å². The maximum atomic E-state index is 12.0. The van der Waals surface area contributed by atoms with Crippen molar-refractivity contribution in [2.24, 2.45) is 0 Å². The van der Waals surface area contributed by atoms with Crippen LogP contribution in [0.3, 0.4) is 0 Å². The summed E-state index contributed by atoms with van der Waals surface area (Å²) in [5.74, 6) is 0.396. The highest BCUT2D eigenvalue weighted by molar-refractivity contribution is 5.24. The smallest absolute Gasteiger partial charge is 0.274 e. The van der Waals surface area contributed by atoms with Crippen LogP contribution < -0.4 is 10.9 Å². The van der Waals surface area contributed by atoms with E-state index >= 15 is 0 Å². The van der Waals surface area contributed by atoms with Gasteiger partial charge in [0.2, 0.25) is 5.95 Å². The van der Waals surface area contributed by atoms with E-state index < -0.39 is 0 Å². The Labute approximate surface area is 122 Å². The lowest BCUT2D eigenvalue weighted by Gasteiger charge is -2.10. The van der Waals surface area contributed by atoms with E-state index in [1.54, 1.807) is 0 Å². The molecule has 1 unspecified atom stereocenters. The summed E-state index contributed by atoms with van der Waals surface area (Å²) in [6.45, 7) is 1.45. The second kappa shape index (κ2) is 6.49. The van der Waals surface area contributed by atoms with Gasteiger partial charge in [-0.1, -0.05) is 30.3 Å². The number of hydrogen-bond donors (Lipinski definition) is 2. The van der Waals surface area contributed by atoms with Crippen molar-refractivity contribution in [3.05, 3.63) is 51.9 Å². The van der Waals surface area contributed by atoms with Gasteiger partial charge in [-0.3, -0.25) is 9.78 Å². The topological polar surface area (TPSA) is 79.9 Å². The van der Waals surface area contributed by atoms with E-state index in [0.717, 1.165) is 25.0 Å². The van der Waals surface area contributed by atoms with Gasteiger partial charge in [0, 0.05) is 19.6 Å². The molecule has 1 aromatic heterocycles. The van der Waals surface area contributed by atoms with Crippen LogP contribution >= 0.6 is 0 Å². The molecule has 3 rings (SSSR count). The lowest BCUT2D eigenvalue weighted by atomic mass is 10.1. The molecule has 6 nitrogen and oxygen atoms in total. The molecule has 2 N–H and O–H groups in total. The molecule has 1 aliphatic heterocycles. The van der Waals surface area contributed by atoms with E-state index in [0.29, 0.717) is 24.6 Å². The quantitative estimate of drug-likeness (QED) is 0.867. The van der Waals surface area contributed by atoms with Gasteiger partial charge in [-0.2, -0.15) is 0 Å². The number of nitrogens with zero attached hydrogens (tertiary/aromatic N) is 2. The van der Waals surface area contributed by atoms with Gasteiger partial charge in [-0.15, -0.1) is 10.2 Å². The van der Waals surface area contributed by atoms with Gasteiger partial charge in [-0.05, 0) is 18.4 Å². The monoisotopic (exact) mass is 286 g/mol. The van der Waals surface area contributed by atoms with Crippen LogP contribution in [0, 0.1) is 0 Å². The summed E-state index contributed by atoms with van der Waals surface area (Å²) in [4.78, 5) is 14.7. The predicted molar refractivity (Wildman–Crippen MR) is 79.4 cm³/mol. The first-order valence-corrected chi connectivity index (χ1v) is 7.16. The van der Waals surface area contributed by atoms with E-state index in [1.807, 2.05) is 30.3 Å². The third-order valence-corrected chi connectivity index (χ3v) is 3.50. The zero-order valence-electron chi connectivity index (χ0n) is 11.7. The van der Waals surface area contributed by atoms with E-state index in [2.05, 4.69) is 20.5 Å². The second-order valence-electron chi connectivity index (χ2n) is 5.13. The zero-order chi connectivity index (χ0) is 14.5. The van der Waals surface area contributed by atoms with Crippen molar-refractivity contribution in [1.82, 2.24) is 15.2 Å². The second-order valence-corrected chi connectivity index (χ2v) is 5.13. The Morgan fingerprint density at radius 1 is 1.29 bits per heavy atom. The van der Waals surface area contributed by atoms with Crippen LogP contribution in [0.5, 0.6) is 0 Å². The maximum absolute atomic E-state index is 12.0. The molecular weight excluding hydrogens is 268 g/mol. The Morgan fingerprint density at radius 2 is 2.14 bits per heavy atom. The molecule has 1 atom stereocenters. The fourth-order valence-electron chi connectivity index (χ4n) is 2.36. The lowest BCUT2D eigenvalue weighted by molar-refractivity contribution is 0.120. The van der Waals surface area contributed by atoms with Crippen LogP contribution in [0.4, 0.5) is 5.95 Å². The molecule has 1 saturated heterocycles. The number of aromatic nitrogens is 3. The Balaban J connectivity index is 1.63. The molecule has 0 bridgehead atoms. The van der Waals surface area contributed by atoms with Gasteiger partial charge in [0.25, 0.3) is 5.56 Å². The fraction of sp³-hybridized carbons (Fsp3) is 0.400. The Bertz CT molecular complexity index is 636. The maximum Gasteiger partial charge on any atom is 0.274 e. The fourth-order valence-corrected chi connectivity index (χ4v) is 2.36. The highest BCUT2D eigenvalue weighted by atomic mass is 16.5. The molecule has 0 radical (unpaired) electrons. The molecule has 2 aromatic rings. The number of H-pyrrole nitrogens is 1. The molecule has 1 aromatic carbocycles. The molecule has 0 saturated carbocycles. The highest BCUT2D eigenvalue weighted by Crippen LogP contribution is 2.11. The first kappa shape index (κ1) is 13.8. The number of ether oxygens (including phenoxy) is 1. The van der Waals surface area contributed by atoms with Crippen molar-refractivity contribution in [3.8, 4) is 0 Å². The average molecular weight is 286 g/mol. The van der Waals surface area contributed by atoms with Gasteiger partial charge in [-0.25, -0.2) is 0 Å². The lowest BCUT2D eigenvalue weighted by Crippen LogP contribution is -2.24. The van der Waals surface area contributed by atoms with E-state index in [-0.39, 0.29) is 11.7 Å². The molecule has 1 fully saturated rings. The van der Waals surface area contributed by atoms with Gasteiger partial charge in [0.1, 0.15) is 5.69 Å². The SMILES string of the molecule is O=c1[nH]c(NCC2CCCO2)nnc1Cc1ccccc1. The van der Waals surface area contributed by atoms with E-state index in [1.165, 1.54) is 0 Å². The van der Waals surface area contributed by atoms with Crippen molar-refractivity contribution in [3.63, 3.8) is 0 Å². The minimum Gasteiger partial charge on any atom is -0.376 e. The van der Waals surface area contributed by atoms with Gasteiger partial charge >= 0.3 is 0 Å². The summed E-state index contributed by atoms with van der Waals surface area (Å²) < 4.78 is 5.50. The Hall–Kier alpha value is -2.21. The normalized spacial score (nSPS) is 17.8. The molecule has 0 aliphatic carbocycles. The predicted octanol–water partition coefficient (Wildman–Crippen LogP) is 1.35. The van der Waals surface area contributed by atoms with E-state index in [4.69, 9.17) is 4.74 Å². The minimum atomic E-state index is -0.205. The summed E-state index contributed by atoms with van der Waals surface area (Å²) in [5.41, 5.74) is 1.25. The molecule has 110 valence electrons. The van der Waals surface area contributed by atoms with Gasteiger partial charge in [0.15, 0.2) is 0 Å².